The Bertz CT molecular complexity index is 1780. The fraction of sp³-hybridized carbons (Fsp3) is 0.242. The molecule has 0 N–H and O–H groups in total. The lowest BCUT2D eigenvalue weighted by molar-refractivity contribution is 0.0989. The molecule has 0 aliphatic rings. The van der Waals surface area contributed by atoms with Crippen LogP contribution in [-0.2, 0) is 12.8 Å². The van der Waals surface area contributed by atoms with Crippen LogP contribution in [0, 0.1) is 6.92 Å². The Morgan fingerprint density at radius 3 is 2.37 bits per heavy atom. The monoisotopic (exact) mass is 548 g/mol. The maximum Gasteiger partial charge on any atom is 0.200 e. The lowest BCUT2D eigenvalue weighted by atomic mass is 10.0. The fourth-order valence-electron chi connectivity index (χ4n) is 4.63. The molecule has 0 atom stereocenters. The van der Waals surface area contributed by atoms with Crippen molar-refractivity contribution >= 4 is 16.7 Å². The van der Waals surface area contributed by atoms with Crippen molar-refractivity contribution in [3.05, 3.63) is 106 Å². The Balaban J connectivity index is 1.39. The van der Waals surface area contributed by atoms with Crippen molar-refractivity contribution in [2.24, 2.45) is 0 Å². The highest BCUT2D eigenvalue weighted by atomic mass is 16.5. The number of ketones is 1. The lowest BCUT2D eigenvalue weighted by Gasteiger charge is -2.15. The summed E-state index contributed by atoms with van der Waals surface area (Å²) in [6.45, 7) is 8.06. The van der Waals surface area contributed by atoms with E-state index in [1.165, 1.54) is 12.4 Å². The molecule has 0 amide bonds. The number of nitrogens with zero attached hydrogens (tertiary/aromatic N) is 4. The Hall–Kier alpha value is -4.85. The van der Waals surface area contributed by atoms with E-state index in [0.29, 0.717) is 22.9 Å². The SMILES string of the molecule is CCc1cc2nccc(Oc3cnc(CC(=O)c4cn(C(C)C)cc(-c5ccc(C)cc5)c4=O)nc3)c2cc1OC. The summed E-state index contributed by atoms with van der Waals surface area (Å²) in [4.78, 5) is 39.9. The molecule has 2 aromatic carbocycles. The highest BCUT2D eigenvalue weighted by Crippen LogP contribution is 2.33. The predicted molar refractivity (Wildman–Crippen MR) is 159 cm³/mol. The number of hydrogen-bond acceptors (Lipinski definition) is 7. The minimum atomic E-state index is -0.342. The minimum Gasteiger partial charge on any atom is -0.496 e. The first-order valence-electron chi connectivity index (χ1n) is 13.6. The molecule has 0 bridgehead atoms. The average Bonchev–Trinajstić information content (AvgIpc) is 2.98. The molecule has 0 fully saturated rings. The number of hydrogen-bond donors (Lipinski definition) is 0. The van der Waals surface area contributed by atoms with Crippen molar-refractivity contribution in [2.45, 2.75) is 46.6 Å². The van der Waals surface area contributed by atoms with Gasteiger partial charge in [-0.15, -0.1) is 0 Å². The number of benzene rings is 2. The van der Waals surface area contributed by atoms with Gasteiger partial charge >= 0.3 is 0 Å². The van der Waals surface area contributed by atoms with Gasteiger partial charge in [-0.2, -0.15) is 0 Å². The van der Waals surface area contributed by atoms with Gasteiger partial charge in [0, 0.05) is 35.6 Å². The molecule has 0 unspecified atom stereocenters. The number of carbonyl (C=O) groups is 1. The number of methoxy groups -OCH3 is 1. The second kappa shape index (κ2) is 11.7. The molecule has 0 spiro atoms. The maximum absolute atomic E-state index is 13.4. The third kappa shape index (κ3) is 5.87. The van der Waals surface area contributed by atoms with Crippen LogP contribution in [0.5, 0.6) is 17.2 Å². The average molecular weight is 549 g/mol. The molecule has 3 aromatic heterocycles. The van der Waals surface area contributed by atoms with Crippen LogP contribution in [0.1, 0.15) is 54.1 Å². The van der Waals surface area contributed by atoms with Crippen LogP contribution in [0.15, 0.2) is 78.2 Å². The van der Waals surface area contributed by atoms with Crippen LogP contribution in [0.4, 0.5) is 0 Å². The fourth-order valence-corrected chi connectivity index (χ4v) is 4.63. The molecule has 3 heterocycles. The van der Waals surface area contributed by atoms with Crippen LogP contribution >= 0.6 is 0 Å². The van der Waals surface area contributed by atoms with Gasteiger partial charge in [-0.1, -0.05) is 36.8 Å². The first-order valence-corrected chi connectivity index (χ1v) is 13.6. The van der Waals surface area contributed by atoms with Gasteiger partial charge in [0.2, 0.25) is 0 Å². The van der Waals surface area contributed by atoms with Crippen LogP contribution in [0.25, 0.3) is 22.0 Å². The normalized spacial score (nSPS) is 11.2. The summed E-state index contributed by atoms with van der Waals surface area (Å²) in [6.07, 6.45) is 8.87. The molecular weight excluding hydrogens is 516 g/mol. The zero-order chi connectivity index (χ0) is 29.1. The van der Waals surface area contributed by atoms with E-state index in [4.69, 9.17) is 9.47 Å². The summed E-state index contributed by atoms with van der Waals surface area (Å²) >= 11 is 0. The van der Waals surface area contributed by atoms with Crippen molar-refractivity contribution in [3.8, 4) is 28.4 Å². The van der Waals surface area contributed by atoms with Gasteiger partial charge in [-0.05, 0) is 56.5 Å². The molecule has 0 aliphatic heterocycles. The number of Topliss-reactive ketones (excluding diaryl/α,β-unsaturated/α-hetero) is 1. The zero-order valence-electron chi connectivity index (χ0n) is 23.8. The highest BCUT2D eigenvalue weighted by Gasteiger charge is 2.19. The smallest absolute Gasteiger partial charge is 0.200 e. The molecule has 5 aromatic rings. The first kappa shape index (κ1) is 27.7. The number of pyridine rings is 2. The Morgan fingerprint density at radius 2 is 1.71 bits per heavy atom. The molecule has 8 heteroatoms. The second-order valence-corrected chi connectivity index (χ2v) is 10.2. The van der Waals surface area contributed by atoms with E-state index in [-0.39, 0.29) is 29.2 Å². The summed E-state index contributed by atoms with van der Waals surface area (Å²) in [6, 6.07) is 13.5. The molecule has 0 saturated heterocycles. The lowest BCUT2D eigenvalue weighted by Crippen LogP contribution is -2.22. The van der Waals surface area contributed by atoms with Crippen molar-refractivity contribution in [2.75, 3.05) is 7.11 Å². The van der Waals surface area contributed by atoms with E-state index >= 15 is 0 Å². The highest BCUT2D eigenvalue weighted by molar-refractivity contribution is 5.97. The summed E-state index contributed by atoms with van der Waals surface area (Å²) < 4.78 is 13.5. The van der Waals surface area contributed by atoms with Crippen LogP contribution in [0.2, 0.25) is 0 Å². The summed E-state index contributed by atoms with van der Waals surface area (Å²) in [7, 11) is 1.64. The van der Waals surface area contributed by atoms with Gasteiger partial charge in [0.15, 0.2) is 17.0 Å². The molecule has 0 radical (unpaired) electrons. The van der Waals surface area contributed by atoms with Gasteiger partial charge in [-0.3, -0.25) is 14.6 Å². The third-order valence-electron chi connectivity index (χ3n) is 7.02. The second-order valence-electron chi connectivity index (χ2n) is 10.2. The quantitative estimate of drug-likeness (QED) is 0.193. The molecular formula is C33H32N4O4. The number of rotatable bonds is 9. The summed E-state index contributed by atoms with van der Waals surface area (Å²) in [5, 5.41) is 0.802. The Labute approximate surface area is 238 Å². The molecule has 41 heavy (non-hydrogen) atoms. The van der Waals surface area contributed by atoms with Gasteiger partial charge in [-0.25, -0.2) is 9.97 Å². The van der Waals surface area contributed by atoms with Gasteiger partial charge in [0.05, 0.1) is 37.0 Å². The zero-order valence-corrected chi connectivity index (χ0v) is 23.8. The van der Waals surface area contributed by atoms with Gasteiger partial charge in [0.1, 0.15) is 17.3 Å². The van der Waals surface area contributed by atoms with Crippen molar-refractivity contribution in [1.82, 2.24) is 19.5 Å². The number of aryl methyl sites for hydroxylation is 2. The Kier molecular flexibility index (Phi) is 7.92. The largest absolute Gasteiger partial charge is 0.496 e. The van der Waals surface area contributed by atoms with Crippen LogP contribution < -0.4 is 14.9 Å². The van der Waals surface area contributed by atoms with E-state index < -0.39 is 0 Å². The number of aromatic nitrogens is 4. The molecule has 0 aliphatic carbocycles. The molecule has 208 valence electrons. The minimum absolute atomic E-state index is 0.0665. The number of carbonyl (C=O) groups excluding carboxylic acids is 1. The van der Waals surface area contributed by atoms with E-state index in [1.807, 2.05) is 61.7 Å². The molecule has 0 saturated carbocycles. The van der Waals surface area contributed by atoms with Crippen LogP contribution in [0.3, 0.4) is 0 Å². The maximum atomic E-state index is 13.4. The third-order valence-corrected chi connectivity index (χ3v) is 7.02. The number of fused-ring (bicyclic) bond motifs is 1. The van der Waals surface area contributed by atoms with E-state index in [0.717, 1.165) is 39.8 Å². The van der Waals surface area contributed by atoms with E-state index in [1.54, 1.807) is 31.8 Å². The molecule has 5 rings (SSSR count). The Morgan fingerprint density at radius 1 is 0.976 bits per heavy atom. The van der Waals surface area contributed by atoms with Crippen molar-refractivity contribution < 1.29 is 14.3 Å². The summed E-state index contributed by atoms with van der Waals surface area (Å²) in [5.74, 6) is 1.73. The first-order chi connectivity index (χ1) is 19.8. The standard InChI is InChI=1S/C33H32N4O4/c1-6-22-13-28-25(14-31(22)40-5)30(11-12-34-28)41-24-16-35-32(36-17-24)15-29(38)27-19-37(20(2)3)18-26(33(27)39)23-9-7-21(4)8-10-23/h7-14,16-20H,6,15H2,1-5H3. The van der Waals surface area contributed by atoms with Gasteiger partial charge < -0.3 is 14.0 Å². The van der Waals surface area contributed by atoms with Crippen molar-refractivity contribution in [3.63, 3.8) is 0 Å². The van der Waals surface area contributed by atoms with Crippen LogP contribution in [-0.4, -0.2) is 32.4 Å². The van der Waals surface area contributed by atoms with Gasteiger partial charge in [0.25, 0.3) is 0 Å². The topological polar surface area (TPSA) is 96.2 Å². The predicted octanol–water partition coefficient (Wildman–Crippen LogP) is 6.53. The summed E-state index contributed by atoms with van der Waals surface area (Å²) in [5.41, 5.74) is 4.02. The number of ether oxygens (including phenoxy) is 2. The van der Waals surface area contributed by atoms with Crippen molar-refractivity contribution in [1.29, 1.82) is 0 Å². The molecule has 8 nitrogen and oxygen atoms in total. The van der Waals surface area contributed by atoms with E-state index in [9.17, 15) is 9.59 Å². The van der Waals surface area contributed by atoms with E-state index in [2.05, 4.69) is 21.9 Å².